The van der Waals surface area contributed by atoms with E-state index in [9.17, 15) is 48.3 Å². The first-order valence-corrected chi connectivity index (χ1v) is 29.9. The molecule has 0 spiro atoms. The average Bonchev–Trinajstić information content (AvgIpc) is 4.12. The molecule has 0 unspecified atom stereocenters. The van der Waals surface area contributed by atoms with E-state index in [1.807, 2.05) is 25.1 Å². The third-order valence-corrected chi connectivity index (χ3v) is 16.5. The number of fused-ring (bicyclic) bond motifs is 1. The zero-order valence-corrected chi connectivity index (χ0v) is 47.3. The molecule has 8 atom stereocenters. The number of H-pyrrole nitrogens is 2. The first-order valence-electron chi connectivity index (χ1n) is 27.5. The number of amides is 8. The van der Waals surface area contributed by atoms with Crippen molar-refractivity contribution in [3.05, 3.63) is 90.1 Å². The Morgan fingerprint density at radius 1 is 0.728 bits per heavy atom. The van der Waals surface area contributed by atoms with Crippen LogP contribution in [-0.2, 0) is 62.4 Å². The molecule has 0 radical (unpaired) electrons. The highest BCUT2D eigenvalue weighted by Gasteiger charge is 2.37. The number of carbonyl (C=O) groups is 9. The summed E-state index contributed by atoms with van der Waals surface area (Å²) in [4.78, 5) is 142. The topological polar surface area (TPSA) is 379 Å². The summed E-state index contributed by atoms with van der Waals surface area (Å²) in [6, 6.07) is 5.37. The van der Waals surface area contributed by atoms with E-state index in [1.165, 1.54) is 19.4 Å². The van der Waals surface area contributed by atoms with Gasteiger partial charge in [-0.3, -0.25) is 43.3 Å². The van der Waals surface area contributed by atoms with Crippen LogP contribution in [0.15, 0.2) is 78.3 Å². The van der Waals surface area contributed by atoms with E-state index >= 15 is 0 Å². The zero-order valence-electron chi connectivity index (χ0n) is 45.6. The van der Waals surface area contributed by atoms with Crippen LogP contribution in [0.4, 0.5) is 0 Å². The van der Waals surface area contributed by atoms with E-state index in [-0.39, 0.29) is 74.9 Å². The van der Waals surface area contributed by atoms with Crippen molar-refractivity contribution in [3.8, 4) is 0 Å². The number of hydrogen-bond donors (Lipinski definition) is 13. The maximum absolute atomic E-state index is 14.9. The average molecular weight is 1160 g/mol. The number of aliphatic carboxylic acids is 1. The number of nitrogens with two attached hydrogens (primary N) is 2. The molecule has 6 rings (SSSR count). The molecule has 0 bridgehead atoms. The Morgan fingerprint density at radius 3 is 2.01 bits per heavy atom. The molecule has 1 saturated carbocycles. The third-order valence-electron chi connectivity index (χ3n) is 14.1. The SMILES string of the molecule is CCCC[C@H](NC(C)=O)C(=O)N[C@H]1CSSC[C@@H](C(=O)O)NC(=O)[C@H](Cc2c[nH]c3ccccc23)NC(=O)[C@H](CCCN=C(N)N)NC(=O)[C@@H](Cc2ccccc2)NC(=O)[C@H](Cc2cnc[nH]2)NC(=O)[C@@H](CC2CCCCC2)NC1=O. The minimum absolute atomic E-state index is 0.00201. The Morgan fingerprint density at radius 2 is 1.35 bits per heavy atom. The summed E-state index contributed by atoms with van der Waals surface area (Å²) in [6.45, 7) is 3.25. The number of guanidine groups is 1. The molecule has 1 aliphatic heterocycles. The van der Waals surface area contributed by atoms with E-state index in [2.05, 4.69) is 62.5 Å². The van der Waals surface area contributed by atoms with Crippen LogP contribution in [0.1, 0.15) is 101 Å². The maximum atomic E-state index is 14.9. The molecule has 15 N–H and O–H groups in total. The molecule has 81 heavy (non-hydrogen) atoms. The molecule has 2 aromatic carbocycles. The fraction of sp³-hybridized carbons (Fsp3) is 0.509. The van der Waals surface area contributed by atoms with Crippen LogP contribution >= 0.6 is 21.6 Å². The van der Waals surface area contributed by atoms with Crippen LogP contribution < -0.4 is 54.0 Å². The maximum Gasteiger partial charge on any atom is 0.327 e. The summed E-state index contributed by atoms with van der Waals surface area (Å²) in [5.41, 5.74) is 13.7. The first-order chi connectivity index (χ1) is 39.0. The number of carboxylic acids is 1. The molecule has 26 heteroatoms. The van der Waals surface area contributed by atoms with Crippen molar-refractivity contribution in [2.75, 3.05) is 18.1 Å². The first kappa shape index (κ1) is 62.6. The number of hydrogen-bond acceptors (Lipinski definition) is 13. The predicted octanol–water partition coefficient (Wildman–Crippen LogP) is 1.51. The number of imidazole rings is 1. The molecule has 8 amide bonds. The quantitative estimate of drug-likeness (QED) is 0.0274. The second-order valence-electron chi connectivity index (χ2n) is 20.5. The minimum atomic E-state index is -1.55. The van der Waals surface area contributed by atoms with E-state index in [0.29, 0.717) is 29.7 Å². The van der Waals surface area contributed by atoms with Crippen LogP contribution in [-0.4, -0.2) is 146 Å². The number of aliphatic imine (C=N–C) groups is 1. The van der Waals surface area contributed by atoms with Crippen molar-refractivity contribution in [3.63, 3.8) is 0 Å². The van der Waals surface area contributed by atoms with Crippen molar-refractivity contribution in [1.82, 2.24) is 57.5 Å². The molecule has 2 fully saturated rings. The smallest absolute Gasteiger partial charge is 0.327 e. The summed E-state index contributed by atoms with van der Waals surface area (Å²) in [6.07, 6.45) is 10.4. The van der Waals surface area contributed by atoms with Gasteiger partial charge in [-0.2, -0.15) is 0 Å². The summed E-state index contributed by atoms with van der Waals surface area (Å²) in [5.74, 6) is -7.91. The van der Waals surface area contributed by atoms with Gasteiger partial charge in [0.25, 0.3) is 0 Å². The zero-order chi connectivity index (χ0) is 58.3. The molecule has 2 aromatic heterocycles. The number of nitrogens with one attached hydrogen (secondary N) is 10. The molecule has 2 aliphatic rings. The van der Waals surface area contributed by atoms with Crippen molar-refractivity contribution in [2.24, 2.45) is 22.4 Å². The summed E-state index contributed by atoms with van der Waals surface area (Å²) in [5, 5.41) is 33.4. The predicted molar refractivity (Wildman–Crippen MR) is 309 cm³/mol. The molecule has 4 aromatic rings. The highest BCUT2D eigenvalue weighted by Crippen LogP contribution is 2.28. The lowest BCUT2D eigenvalue weighted by Crippen LogP contribution is -2.61. The number of aromatic amines is 2. The van der Waals surface area contributed by atoms with Gasteiger partial charge in [0.05, 0.1) is 6.33 Å². The van der Waals surface area contributed by atoms with Crippen LogP contribution in [0, 0.1) is 5.92 Å². The van der Waals surface area contributed by atoms with Crippen molar-refractivity contribution in [1.29, 1.82) is 0 Å². The van der Waals surface area contributed by atoms with Gasteiger partial charge in [0.2, 0.25) is 47.3 Å². The molecular weight excluding hydrogens is 1080 g/mol. The van der Waals surface area contributed by atoms with Gasteiger partial charge in [0.15, 0.2) is 5.96 Å². The van der Waals surface area contributed by atoms with Crippen LogP contribution in [0.25, 0.3) is 10.9 Å². The minimum Gasteiger partial charge on any atom is -0.480 e. The van der Waals surface area contributed by atoms with Gasteiger partial charge in [-0.05, 0) is 48.8 Å². The molecule has 1 saturated heterocycles. The largest absolute Gasteiger partial charge is 0.480 e. The van der Waals surface area contributed by atoms with Gasteiger partial charge >= 0.3 is 5.97 Å². The number of carboxylic acid groups (broad SMARTS) is 1. The Hall–Kier alpha value is -7.61. The van der Waals surface area contributed by atoms with E-state index in [1.54, 1.807) is 42.6 Å². The van der Waals surface area contributed by atoms with Crippen LogP contribution in [0.2, 0.25) is 0 Å². The fourth-order valence-electron chi connectivity index (χ4n) is 9.79. The fourth-order valence-corrected chi connectivity index (χ4v) is 12.1. The lowest BCUT2D eigenvalue weighted by atomic mass is 9.84. The number of rotatable bonds is 19. The number of unbranched alkanes of at least 4 members (excludes halogenated alkanes) is 1. The van der Waals surface area contributed by atoms with Gasteiger partial charge < -0.3 is 69.1 Å². The van der Waals surface area contributed by atoms with Crippen LogP contribution in [0.5, 0.6) is 0 Å². The van der Waals surface area contributed by atoms with Gasteiger partial charge in [0.1, 0.15) is 48.3 Å². The summed E-state index contributed by atoms with van der Waals surface area (Å²) < 4.78 is 0. The molecular formula is C55H76N14O10S2. The second-order valence-corrected chi connectivity index (χ2v) is 23.0. The standard InChI is InChI=1S/C55H76N14O10S2/c1-3-4-19-39(62-32(2)70)47(71)68-45-29-80-81-30-46(54(78)79)69-51(75)43(25-35-27-60-38-20-12-11-18-37(35)38)66-48(72)40(21-13-22-59-55(56)57)63-49(73)41(23-33-14-7-5-8-15-33)64-52(76)44(26-36-28-58-31-61-36)67-50(74)42(65-53(45)77)24-34-16-9-6-10-17-34/h5,7-8,11-12,14-15,18,20,27-28,31,34,39-46,60H,3-4,6,9-10,13,16-17,19,21-26,29-30H2,1-2H3,(H,58,61)(H,62,70)(H,63,73)(H,64,76)(H,65,77)(H,66,72)(H,67,74)(H,68,71)(H,69,75)(H,78,79)(H4,56,57,59)/t39-,40-,41+,42+,43-,44-,45-,46-/m0/s1. The molecule has 1 aliphatic carbocycles. The lowest BCUT2D eigenvalue weighted by molar-refractivity contribution is -0.141. The van der Waals surface area contributed by atoms with E-state index in [0.717, 1.165) is 64.6 Å². The van der Waals surface area contributed by atoms with Crippen molar-refractivity contribution >= 4 is 91.7 Å². The number of para-hydroxylation sites is 1. The third kappa shape index (κ3) is 20.2. The summed E-state index contributed by atoms with van der Waals surface area (Å²) >= 11 is 0. The Bertz CT molecular complexity index is 2790. The van der Waals surface area contributed by atoms with Gasteiger partial charge in [-0.1, -0.05) is 122 Å². The molecule has 24 nitrogen and oxygen atoms in total. The van der Waals surface area contributed by atoms with E-state index < -0.39 is 102 Å². The van der Waals surface area contributed by atoms with Crippen LogP contribution in [0.3, 0.4) is 0 Å². The number of aromatic nitrogens is 3. The van der Waals surface area contributed by atoms with Crippen molar-refractivity contribution < 1.29 is 48.3 Å². The Labute approximate surface area is 478 Å². The number of nitrogens with zero attached hydrogens (tertiary/aromatic N) is 2. The van der Waals surface area contributed by atoms with Gasteiger partial charge in [0, 0.05) is 73.2 Å². The summed E-state index contributed by atoms with van der Waals surface area (Å²) in [7, 11) is 2.02. The lowest BCUT2D eigenvalue weighted by Gasteiger charge is -2.30. The van der Waals surface area contributed by atoms with Gasteiger partial charge in [-0.25, -0.2) is 9.78 Å². The monoisotopic (exact) mass is 1160 g/mol. The second kappa shape index (κ2) is 32.0. The Kier molecular flexibility index (Phi) is 24.7. The molecule has 3 heterocycles. The van der Waals surface area contributed by atoms with E-state index in [4.69, 9.17) is 11.5 Å². The Balaban J connectivity index is 1.42. The molecule has 438 valence electrons. The highest BCUT2D eigenvalue weighted by molar-refractivity contribution is 8.76. The number of carbonyl (C=O) groups excluding carboxylic acids is 8. The van der Waals surface area contributed by atoms with Crippen molar-refractivity contribution in [2.45, 2.75) is 152 Å². The normalized spacial score (nSPS) is 22.8. The van der Waals surface area contributed by atoms with Gasteiger partial charge in [-0.15, -0.1) is 0 Å². The number of benzene rings is 2. The highest BCUT2D eigenvalue weighted by atomic mass is 33.1.